The minimum atomic E-state index is -4.18. The van der Waals surface area contributed by atoms with Crippen molar-refractivity contribution in [1.82, 2.24) is 4.41 Å². The van der Waals surface area contributed by atoms with E-state index in [4.69, 9.17) is 4.42 Å². The summed E-state index contributed by atoms with van der Waals surface area (Å²) in [5.74, 6) is 0. The van der Waals surface area contributed by atoms with E-state index in [9.17, 15) is 23.3 Å². The highest BCUT2D eigenvalue weighted by molar-refractivity contribution is 7.89. The van der Waals surface area contributed by atoms with Crippen molar-refractivity contribution in [2.24, 2.45) is 5.10 Å². The highest BCUT2D eigenvalue weighted by atomic mass is 32.2. The first kappa shape index (κ1) is 21.5. The molecule has 2 heterocycles. The average Bonchev–Trinajstić information content (AvgIpc) is 3.30. The summed E-state index contributed by atoms with van der Waals surface area (Å²) in [6, 6.07) is 21.5. The van der Waals surface area contributed by atoms with Gasteiger partial charge >= 0.3 is 5.63 Å². The Morgan fingerprint density at radius 2 is 1.65 bits per heavy atom. The zero-order valence-corrected chi connectivity index (χ0v) is 18.4. The molecule has 1 aliphatic rings. The molecule has 170 valence electrons. The second-order valence-corrected chi connectivity index (χ2v) is 9.49. The molecule has 1 aromatic heterocycles. The Morgan fingerprint density at radius 3 is 2.35 bits per heavy atom. The molecule has 1 unspecified atom stereocenters. The molecule has 34 heavy (non-hydrogen) atoms. The highest BCUT2D eigenvalue weighted by Crippen LogP contribution is 2.37. The predicted octanol–water partition coefficient (Wildman–Crippen LogP) is 4.24. The van der Waals surface area contributed by atoms with E-state index in [-0.39, 0.29) is 28.3 Å². The molecule has 0 aliphatic carbocycles. The lowest BCUT2D eigenvalue weighted by Crippen LogP contribution is -2.27. The van der Waals surface area contributed by atoms with Crippen LogP contribution in [0.15, 0.2) is 104 Å². The highest BCUT2D eigenvalue weighted by Gasteiger charge is 2.38. The number of non-ortho nitro benzene ring substituents is 1. The van der Waals surface area contributed by atoms with Crippen LogP contribution in [0.5, 0.6) is 0 Å². The first-order chi connectivity index (χ1) is 16.3. The van der Waals surface area contributed by atoms with Crippen LogP contribution < -0.4 is 5.63 Å². The van der Waals surface area contributed by atoms with Crippen LogP contribution in [0.25, 0.3) is 11.0 Å². The van der Waals surface area contributed by atoms with Crippen molar-refractivity contribution in [3.8, 4) is 0 Å². The Labute approximate surface area is 193 Å². The molecular weight excluding hydrogens is 458 g/mol. The molecule has 0 N–H and O–H groups in total. The van der Waals surface area contributed by atoms with Crippen LogP contribution in [0, 0.1) is 10.1 Å². The second kappa shape index (κ2) is 8.23. The summed E-state index contributed by atoms with van der Waals surface area (Å²) in [6.45, 7) is 0. The first-order valence-electron chi connectivity index (χ1n) is 10.3. The molecule has 0 fully saturated rings. The van der Waals surface area contributed by atoms with Crippen LogP contribution in [0.4, 0.5) is 5.69 Å². The minimum absolute atomic E-state index is 0.144. The van der Waals surface area contributed by atoms with Crippen molar-refractivity contribution in [1.29, 1.82) is 0 Å². The molecule has 0 saturated carbocycles. The van der Waals surface area contributed by atoms with E-state index in [2.05, 4.69) is 5.10 Å². The summed E-state index contributed by atoms with van der Waals surface area (Å²) in [5.41, 5.74) is 0.735. The maximum Gasteiger partial charge on any atom is 0.345 e. The quantitative estimate of drug-likeness (QED) is 0.242. The molecule has 4 aromatic rings. The third kappa shape index (κ3) is 3.73. The zero-order valence-electron chi connectivity index (χ0n) is 17.6. The van der Waals surface area contributed by atoms with Crippen molar-refractivity contribution in [3.05, 3.63) is 117 Å². The smallest absolute Gasteiger partial charge is 0.345 e. The predicted molar refractivity (Wildman–Crippen MR) is 125 cm³/mol. The van der Waals surface area contributed by atoms with Gasteiger partial charge in [-0.25, -0.2) is 4.79 Å². The number of fused-ring (bicyclic) bond motifs is 1. The van der Waals surface area contributed by atoms with Crippen LogP contribution >= 0.6 is 0 Å². The number of para-hydroxylation sites is 1. The van der Waals surface area contributed by atoms with E-state index in [0.29, 0.717) is 16.5 Å². The van der Waals surface area contributed by atoms with Crippen molar-refractivity contribution in [2.75, 3.05) is 0 Å². The standard InChI is InChI=1S/C24H17N3O6S/c28-24-20(14-17-8-4-5-9-23(17)33-24)21-15-22(16-6-2-1-3-7-16)26(25-21)34(31,32)19-12-10-18(11-13-19)27(29)30/h1-14,22H,15H2. The van der Waals surface area contributed by atoms with E-state index >= 15 is 0 Å². The van der Waals surface area contributed by atoms with Gasteiger partial charge in [-0.15, -0.1) is 0 Å². The molecule has 0 bridgehead atoms. The molecule has 5 rings (SSSR count). The van der Waals surface area contributed by atoms with Crippen molar-refractivity contribution in [2.45, 2.75) is 17.4 Å². The fourth-order valence-corrected chi connectivity index (χ4v) is 5.34. The Kier molecular flexibility index (Phi) is 5.21. The summed E-state index contributed by atoms with van der Waals surface area (Å²) in [6.07, 6.45) is 0.152. The molecule has 0 spiro atoms. The van der Waals surface area contributed by atoms with Gasteiger partial charge in [-0.1, -0.05) is 48.5 Å². The minimum Gasteiger partial charge on any atom is -0.422 e. The number of sulfonamides is 1. The summed E-state index contributed by atoms with van der Waals surface area (Å²) >= 11 is 0. The lowest BCUT2D eigenvalue weighted by Gasteiger charge is -2.23. The number of nitro benzene ring substituents is 1. The maximum atomic E-state index is 13.5. The maximum absolute atomic E-state index is 13.5. The normalized spacial score (nSPS) is 15.9. The SMILES string of the molecule is O=c1oc2ccccc2cc1C1=NN(S(=O)(=O)c2ccc([N+](=O)[O-])cc2)C(c2ccccc2)C1. The van der Waals surface area contributed by atoms with Gasteiger partial charge in [0.2, 0.25) is 0 Å². The largest absolute Gasteiger partial charge is 0.422 e. The Bertz CT molecular complexity index is 1600. The molecule has 1 atom stereocenters. The van der Waals surface area contributed by atoms with Crippen molar-refractivity contribution >= 4 is 32.4 Å². The summed E-state index contributed by atoms with van der Waals surface area (Å²) in [7, 11) is -4.18. The molecule has 0 saturated heterocycles. The second-order valence-electron chi connectivity index (χ2n) is 7.69. The van der Waals surface area contributed by atoms with Gasteiger partial charge in [0.15, 0.2) is 0 Å². The number of hydrogen-bond donors (Lipinski definition) is 0. The van der Waals surface area contributed by atoms with Gasteiger partial charge in [0, 0.05) is 23.9 Å². The summed E-state index contributed by atoms with van der Waals surface area (Å²) in [4.78, 5) is 22.9. The van der Waals surface area contributed by atoms with Crippen molar-refractivity contribution in [3.63, 3.8) is 0 Å². The molecule has 9 nitrogen and oxygen atoms in total. The average molecular weight is 475 g/mol. The van der Waals surface area contributed by atoms with Gasteiger partial charge in [-0.2, -0.15) is 17.9 Å². The van der Waals surface area contributed by atoms with Gasteiger partial charge in [-0.3, -0.25) is 10.1 Å². The number of rotatable bonds is 5. The van der Waals surface area contributed by atoms with Crippen LogP contribution in [-0.4, -0.2) is 23.5 Å². The summed E-state index contributed by atoms with van der Waals surface area (Å²) < 4.78 is 33.4. The van der Waals surface area contributed by atoms with Gasteiger partial charge in [-0.05, 0) is 29.8 Å². The Balaban J connectivity index is 1.62. The molecular formula is C24H17N3O6S. The molecule has 10 heteroatoms. The summed E-state index contributed by atoms with van der Waals surface area (Å²) in [5, 5.41) is 16.0. The monoisotopic (exact) mass is 475 g/mol. The topological polar surface area (TPSA) is 123 Å². The number of nitrogens with zero attached hydrogens (tertiary/aromatic N) is 3. The van der Waals surface area contributed by atoms with Crippen LogP contribution in [0.1, 0.15) is 23.6 Å². The Hall–Kier alpha value is -4.31. The van der Waals surface area contributed by atoms with E-state index in [1.165, 1.54) is 12.1 Å². The molecule has 0 radical (unpaired) electrons. The number of benzene rings is 3. The van der Waals surface area contributed by atoms with Gasteiger partial charge in [0.25, 0.3) is 15.7 Å². The fraction of sp³-hybridized carbons (Fsp3) is 0.0833. The number of hydrazone groups is 1. The van der Waals surface area contributed by atoms with Gasteiger partial charge in [0.1, 0.15) is 5.58 Å². The van der Waals surface area contributed by atoms with E-state index in [0.717, 1.165) is 16.5 Å². The third-order valence-corrected chi connectivity index (χ3v) is 7.30. The first-order valence-corrected chi connectivity index (χ1v) is 11.7. The van der Waals surface area contributed by atoms with E-state index in [1.54, 1.807) is 54.6 Å². The Morgan fingerprint density at radius 1 is 0.971 bits per heavy atom. The third-order valence-electron chi connectivity index (χ3n) is 5.60. The molecule has 1 aliphatic heterocycles. The van der Waals surface area contributed by atoms with Crippen LogP contribution in [-0.2, 0) is 10.0 Å². The van der Waals surface area contributed by atoms with Gasteiger partial charge < -0.3 is 4.42 Å². The molecule has 0 amide bonds. The van der Waals surface area contributed by atoms with E-state index in [1.807, 2.05) is 6.07 Å². The fourth-order valence-electron chi connectivity index (χ4n) is 3.91. The van der Waals surface area contributed by atoms with Crippen LogP contribution in [0.3, 0.4) is 0 Å². The van der Waals surface area contributed by atoms with E-state index < -0.39 is 26.6 Å². The van der Waals surface area contributed by atoms with Crippen LogP contribution in [0.2, 0.25) is 0 Å². The van der Waals surface area contributed by atoms with Crippen molar-refractivity contribution < 1.29 is 17.8 Å². The zero-order chi connectivity index (χ0) is 23.9. The lowest BCUT2D eigenvalue weighted by molar-refractivity contribution is -0.384. The molecule has 3 aromatic carbocycles. The van der Waals surface area contributed by atoms with Gasteiger partial charge in [0.05, 0.1) is 27.1 Å². The number of hydrogen-bond acceptors (Lipinski definition) is 7. The lowest BCUT2D eigenvalue weighted by atomic mass is 9.99. The number of nitro groups is 1.